The molecule has 1 heterocycles. The van der Waals surface area contributed by atoms with E-state index >= 15 is 0 Å². The van der Waals surface area contributed by atoms with E-state index < -0.39 is 10.0 Å². The van der Waals surface area contributed by atoms with Crippen LogP contribution in [0, 0.1) is 11.7 Å². The maximum atomic E-state index is 13.7. The first-order valence-corrected chi connectivity index (χ1v) is 11.3. The molecule has 2 aromatic rings. The lowest BCUT2D eigenvalue weighted by Crippen LogP contribution is -2.38. The number of hydrogen-bond donors (Lipinski definition) is 1. The molecule has 1 amide bonds. The zero-order chi connectivity index (χ0) is 19.9. The third-order valence-electron chi connectivity index (χ3n) is 5.48. The molecule has 0 spiro atoms. The number of hydrogen-bond acceptors (Lipinski definition) is 3. The Morgan fingerprint density at radius 1 is 1.18 bits per heavy atom. The van der Waals surface area contributed by atoms with E-state index in [2.05, 4.69) is 4.72 Å². The maximum Gasteiger partial charge on any atom is 0.226 e. The zero-order valence-corrected chi connectivity index (χ0v) is 16.5. The Hall–Kier alpha value is -2.25. The molecule has 0 bridgehead atoms. The molecule has 2 fully saturated rings. The highest BCUT2D eigenvalue weighted by Gasteiger charge is 2.47. The monoisotopic (exact) mass is 402 g/mol. The van der Waals surface area contributed by atoms with Crippen LogP contribution in [-0.2, 0) is 14.8 Å². The molecular weight excluding hydrogens is 379 g/mol. The van der Waals surface area contributed by atoms with Gasteiger partial charge in [-0.25, -0.2) is 17.5 Å². The van der Waals surface area contributed by atoms with Gasteiger partial charge in [0.05, 0.1) is 6.26 Å². The van der Waals surface area contributed by atoms with E-state index in [0.717, 1.165) is 29.4 Å². The van der Waals surface area contributed by atoms with E-state index in [1.54, 1.807) is 11.0 Å². The number of carbonyl (C=O) groups excluding carboxylic acids is 1. The van der Waals surface area contributed by atoms with Gasteiger partial charge in [0.15, 0.2) is 0 Å². The smallest absolute Gasteiger partial charge is 0.226 e. The van der Waals surface area contributed by atoms with Crippen LogP contribution in [0.2, 0.25) is 0 Å². The number of halogens is 1. The maximum absolute atomic E-state index is 13.7. The van der Waals surface area contributed by atoms with Crippen molar-refractivity contribution < 1.29 is 17.6 Å². The van der Waals surface area contributed by atoms with E-state index in [0.29, 0.717) is 19.5 Å². The number of nitrogens with zero attached hydrogens (tertiary/aromatic N) is 1. The highest BCUT2D eigenvalue weighted by Crippen LogP contribution is 2.51. The standard InChI is InChI=1S/C21H23FN2O3S/c1-28(26,27)23-16-9-10-24(13-16)21(25)20-12-19(20)18-8-3-2-7-17(18)14-5-4-6-15(22)11-14/h2-8,11,16,19-20,23H,9-10,12-13H2,1H3/t16-,19+,20-/m1/s1. The van der Waals surface area contributed by atoms with Gasteiger partial charge in [0, 0.05) is 25.0 Å². The minimum absolute atomic E-state index is 0.0804. The lowest BCUT2D eigenvalue weighted by molar-refractivity contribution is -0.131. The molecule has 1 aliphatic heterocycles. The van der Waals surface area contributed by atoms with Crippen LogP contribution >= 0.6 is 0 Å². The van der Waals surface area contributed by atoms with Gasteiger partial charge in [-0.05, 0) is 47.6 Å². The third-order valence-corrected chi connectivity index (χ3v) is 6.25. The summed E-state index contributed by atoms with van der Waals surface area (Å²) in [6, 6.07) is 14.1. The molecule has 1 aliphatic carbocycles. The minimum atomic E-state index is -3.27. The van der Waals surface area contributed by atoms with Gasteiger partial charge in [0.2, 0.25) is 15.9 Å². The highest BCUT2D eigenvalue weighted by atomic mass is 32.2. The number of nitrogens with one attached hydrogen (secondary N) is 1. The molecule has 1 saturated carbocycles. The van der Waals surface area contributed by atoms with Crippen molar-refractivity contribution in [2.75, 3.05) is 19.3 Å². The average Bonchev–Trinajstić information content (AvgIpc) is 3.32. The van der Waals surface area contributed by atoms with Crippen molar-refractivity contribution in [3.05, 3.63) is 59.9 Å². The van der Waals surface area contributed by atoms with Crippen LogP contribution in [0.25, 0.3) is 11.1 Å². The van der Waals surface area contributed by atoms with Crippen molar-refractivity contribution >= 4 is 15.9 Å². The molecule has 4 rings (SSSR count). The van der Waals surface area contributed by atoms with Crippen molar-refractivity contribution in [1.82, 2.24) is 9.62 Å². The Balaban J connectivity index is 1.47. The molecule has 5 nitrogen and oxygen atoms in total. The van der Waals surface area contributed by atoms with Gasteiger partial charge >= 0.3 is 0 Å². The number of carbonyl (C=O) groups is 1. The Bertz CT molecular complexity index is 1010. The van der Waals surface area contributed by atoms with Crippen LogP contribution in [0.1, 0.15) is 24.3 Å². The van der Waals surface area contributed by atoms with E-state index in [4.69, 9.17) is 0 Å². The molecule has 1 N–H and O–H groups in total. The molecule has 0 unspecified atom stereocenters. The summed E-state index contributed by atoms with van der Waals surface area (Å²) in [4.78, 5) is 14.7. The largest absolute Gasteiger partial charge is 0.341 e. The molecular formula is C21H23FN2O3S. The normalized spacial score (nSPS) is 24.4. The fourth-order valence-electron chi connectivity index (χ4n) is 4.14. The Kier molecular flexibility index (Phi) is 4.97. The third kappa shape index (κ3) is 4.10. The Morgan fingerprint density at radius 3 is 2.71 bits per heavy atom. The molecule has 2 aromatic carbocycles. The molecule has 148 valence electrons. The van der Waals surface area contributed by atoms with Crippen LogP contribution < -0.4 is 4.72 Å². The average molecular weight is 402 g/mol. The van der Waals surface area contributed by atoms with E-state index in [1.807, 2.05) is 30.3 Å². The number of sulfonamides is 1. The summed E-state index contributed by atoms with van der Waals surface area (Å²) in [6.07, 6.45) is 2.54. The second kappa shape index (κ2) is 7.29. The van der Waals surface area contributed by atoms with Crippen molar-refractivity contribution in [1.29, 1.82) is 0 Å². The first-order chi connectivity index (χ1) is 13.3. The zero-order valence-electron chi connectivity index (χ0n) is 15.6. The van der Waals surface area contributed by atoms with Gasteiger partial charge in [0.1, 0.15) is 5.82 Å². The summed E-state index contributed by atoms with van der Waals surface area (Å²) in [5, 5.41) is 0. The number of benzene rings is 2. The summed E-state index contributed by atoms with van der Waals surface area (Å²) in [5.41, 5.74) is 2.84. The van der Waals surface area contributed by atoms with Gasteiger partial charge in [-0.3, -0.25) is 4.79 Å². The highest BCUT2D eigenvalue weighted by molar-refractivity contribution is 7.88. The van der Waals surface area contributed by atoms with Crippen LogP contribution in [-0.4, -0.2) is 44.6 Å². The topological polar surface area (TPSA) is 66.5 Å². The summed E-state index contributed by atoms with van der Waals surface area (Å²) in [7, 11) is -3.27. The first-order valence-electron chi connectivity index (χ1n) is 9.43. The van der Waals surface area contributed by atoms with Crippen LogP contribution in [0.5, 0.6) is 0 Å². The van der Waals surface area contributed by atoms with Crippen LogP contribution in [0.3, 0.4) is 0 Å². The lowest BCUT2D eigenvalue weighted by atomic mass is 9.96. The van der Waals surface area contributed by atoms with Crippen LogP contribution in [0.4, 0.5) is 4.39 Å². The van der Waals surface area contributed by atoms with E-state index in [9.17, 15) is 17.6 Å². The summed E-state index contributed by atoms with van der Waals surface area (Å²) in [5.74, 6) is -0.172. The SMILES string of the molecule is CS(=O)(=O)N[C@@H]1CCN(C(=O)[C@@H]2C[C@H]2c2ccccc2-c2cccc(F)c2)C1. The van der Waals surface area contributed by atoms with E-state index in [-0.39, 0.29) is 29.6 Å². The summed E-state index contributed by atoms with van der Waals surface area (Å²) in [6.45, 7) is 0.988. The Labute approximate surface area is 164 Å². The second-order valence-electron chi connectivity index (χ2n) is 7.71. The Morgan fingerprint density at radius 2 is 1.96 bits per heavy atom. The molecule has 3 atom stereocenters. The predicted octanol–water partition coefficient (Wildman–Crippen LogP) is 2.75. The summed E-state index contributed by atoms with van der Waals surface area (Å²) < 4.78 is 39.0. The molecule has 2 aliphatic rings. The quantitative estimate of drug-likeness (QED) is 0.836. The van der Waals surface area contributed by atoms with Gasteiger partial charge < -0.3 is 4.90 Å². The second-order valence-corrected chi connectivity index (χ2v) is 9.49. The van der Waals surface area contributed by atoms with Gasteiger partial charge in [-0.2, -0.15) is 0 Å². The van der Waals surface area contributed by atoms with Crippen molar-refractivity contribution in [2.45, 2.75) is 24.8 Å². The van der Waals surface area contributed by atoms with Crippen molar-refractivity contribution in [2.24, 2.45) is 5.92 Å². The van der Waals surface area contributed by atoms with E-state index in [1.165, 1.54) is 12.1 Å². The minimum Gasteiger partial charge on any atom is -0.341 e. The molecule has 0 radical (unpaired) electrons. The lowest BCUT2D eigenvalue weighted by Gasteiger charge is -2.17. The number of amides is 1. The summed E-state index contributed by atoms with van der Waals surface area (Å²) >= 11 is 0. The molecule has 1 saturated heterocycles. The number of rotatable bonds is 5. The van der Waals surface area contributed by atoms with Crippen LogP contribution in [0.15, 0.2) is 48.5 Å². The molecule has 7 heteroatoms. The number of likely N-dealkylation sites (tertiary alicyclic amines) is 1. The van der Waals surface area contributed by atoms with Gasteiger partial charge in [-0.1, -0.05) is 36.4 Å². The predicted molar refractivity (Wildman–Crippen MR) is 106 cm³/mol. The first kappa shape index (κ1) is 19.1. The van der Waals surface area contributed by atoms with Gasteiger partial charge in [0.25, 0.3) is 0 Å². The fourth-order valence-corrected chi connectivity index (χ4v) is 4.94. The van der Waals surface area contributed by atoms with Crippen molar-refractivity contribution in [3.8, 4) is 11.1 Å². The molecule has 0 aromatic heterocycles. The fraction of sp³-hybridized carbons (Fsp3) is 0.381. The van der Waals surface area contributed by atoms with Gasteiger partial charge in [-0.15, -0.1) is 0 Å². The van der Waals surface area contributed by atoms with Crippen molar-refractivity contribution in [3.63, 3.8) is 0 Å². The molecule has 28 heavy (non-hydrogen) atoms.